The van der Waals surface area contributed by atoms with Gasteiger partial charge in [-0.3, -0.25) is 4.99 Å². The molecule has 4 nitrogen and oxygen atoms in total. The van der Waals surface area contributed by atoms with E-state index in [1.807, 2.05) is 0 Å². The highest BCUT2D eigenvalue weighted by molar-refractivity contribution is 7.99. The Morgan fingerprint density at radius 2 is 1.95 bits per heavy atom. The lowest BCUT2D eigenvalue weighted by atomic mass is 10.4. The predicted molar refractivity (Wildman–Crippen MR) is 78.4 cm³/mol. The molecule has 0 atom stereocenters. The zero-order valence-electron chi connectivity index (χ0n) is 11.3. The summed E-state index contributed by atoms with van der Waals surface area (Å²) < 4.78 is 17.7. The number of nitrogens with one attached hydrogen (secondary N) is 2. The van der Waals surface area contributed by atoms with E-state index < -0.39 is 0 Å². The first kappa shape index (κ1) is 15.8. The van der Waals surface area contributed by atoms with E-state index in [1.165, 1.54) is 12.1 Å². The van der Waals surface area contributed by atoms with Crippen molar-refractivity contribution in [1.29, 1.82) is 0 Å². The monoisotopic (exact) mass is 285 g/mol. The molecule has 0 saturated carbocycles. The summed E-state index contributed by atoms with van der Waals surface area (Å²) in [5, 5.41) is 6.33. The first-order valence-corrected chi connectivity index (χ1v) is 7.06. The van der Waals surface area contributed by atoms with E-state index in [4.69, 9.17) is 4.74 Å². The van der Waals surface area contributed by atoms with E-state index in [0.29, 0.717) is 6.61 Å². The Hall–Kier alpha value is -1.27. The van der Waals surface area contributed by atoms with Gasteiger partial charge in [-0.25, -0.2) is 4.39 Å². The lowest BCUT2D eigenvalue weighted by Gasteiger charge is -2.11. The largest absolute Gasteiger partial charge is 0.383 e. The molecule has 2 N–H and O–H groups in total. The molecule has 19 heavy (non-hydrogen) atoms. The Labute approximate surface area is 117 Å². The average Bonchev–Trinajstić information content (AvgIpc) is 2.43. The molecular weight excluding hydrogens is 265 g/mol. The fraction of sp³-hybridized carbons (Fsp3) is 0.462. The molecule has 0 heterocycles. The minimum Gasteiger partial charge on any atom is -0.383 e. The molecule has 6 heteroatoms. The van der Waals surface area contributed by atoms with E-state index in [9.17, 15) is 4.39 Å². The molecule has 1 rings (SSSR count). The summed E-state index contributed by atoms with van der Waals surface area (Å²) in [7, 11) is 3.40. The van der Waals surface area contributed by atoms with Gasteiger partial charge in [-0.1, -0.05) is 0 Å². The smallest absolute Gasteiger partial charge is 0.191 e. The fourth-order valence-electron chi connectivity index (χ4n) is 1.36. The topological polar surface area (TPSA) is 45.7 Å². The molecule has 0 saturated heterocycles. The minimum absolute atomic E-state index is 0.203. The van der Waals surface area contributed by atoms with Crippen molar-refractivity contribution < 1.29 is 9.13 Å². The van der Waals surface area contributed by atoms with Gasteiger partial charge < -0.3 is 15.4 Å². The van der Waals surface area contributed by atoms with Crippen LogP contribution in [0.25, 0.3) is 0 Å². The second kappa shape index (κ2) is 9.63. The van der Waals surface area contributed by atoms with Crippen LogP contribution in [0.3, 0.4) is 0 Å². The van der Waals surface area contributed by atoms with Crippen LogP contribution in [0.5, 0.6) is 0 Å². The summed E-state index contributed by atoms with van der Waals surface area (Å²) in [5.74, 6) is 1.44. The van der Waals surface area contributed by atoms with Crippen LogP contribution < -0.4 is 10.6 Å². The molecule has 0 radical (unpaired) electrons. The maximum Gasteiger partial charge on any atom is 0.191 e. The maximum absolute atomic E-state index is 12.7. The third-order valence-corrected chi connectivity index (χ3v) is 3.31. The summed E-state index contributed by atoms with van der Waals surface area (Å²) in [6, 6.07) is 6.51. The number of aliphatic imine (C=N–C) groups is 1. The SMILES string of the molecule is CN=C(NCCOC)NCCSc1ccc(F)cc1. The lowest BCUT2D eigenvalue weighted by molar-refractivity contribution is 0.203. The van der Waals surface area contributed by atoms with Crippen molar-refractivity contribution in [3.63, 3.8) is 0 Å². The Bertz CT molecular complexity index is 384. The first-order valence-electron chi connectivity index (χ1n) is 6.08. The molecule has 0 spiro atoms. The summed E-state index contributed by atoms with van der Waals surface area (Å²) >= 11 is 1.67. The van der Waals surface area contributed by atoms with Crippen LogP contribution >= 0.6 is 11.8 Å². The first-order chi connectivity index (χ1) is 9.26. The van der Waals surface area contributed by atoms with Crippen LogP contribution in [0.2, 0.25) is 0 Å². The number of guanidine groups is 1. The number of thioether (sulfide) groups is 1. The molecule has 0 bridgehead atoms. The molecule has 0 aliphatic carbocycles. The predicted octanol–water partition coefficient (Wildman–Crippen LogP) is 1.73. The zero-order valence-corrected chi connectivity index (χ0v) is 12.1. The molecule has 1 aromatic rings. The van der Waals surface area contributed by atoms with E-state index in [2.05, 4.69) is 15.6 Å². The molecule has 1 aromatic carbocycles. The van der Waals surface area contributed by atoms with Gasteiger partial charge in [0.1, 0.15) is 5.82 Å². The molecule has 0 aromatic heterocycles. The highest BCUT2D eigenvalue weighted by atomic mass is 32.2. The minimum atomic E-state index is -0.203. The summed E-state index contributed by atoms with van der Waals surface area (Å²) in [4.78, 5) is 5.16. The molecule has 0 aliphatic heterocycles. The number of methoxy groups -OCH3 is 1. The van der Waals surface area contributed by atoms with Gasteiger partial charge in [-0.05, 0) is 24.3 Å². The lowest BCUT2D eigenvalue weighted by Crippen LogP contribution is -2.39. The molecule has 106 valence electrons. The van der Waals surface area contributed by atoms with Gasteiger partial charge in [-0.15, -0.1) is 11.8 Å². The van der Waals surface area contributed by atoms with Crippen LogP contribution in [0, 0.1) is 5.82 Å². The molecule has 0 aliphatic rings. The Morgan fingerprint density at radius 3 is 2.58 bits per heavy atom. The van der Waals surface area contributed by atoms with Gasteiger partial charge >= 0.3 is 0 Å². The van der Waals surface area contributed by atoms with Crippen molar-refractivity contribution in [3.8, 4) is 0 Å². The van der Waals surface area contributed by atoms with Gasteiger partial charge in [0, 0.05) is 37.9 Å². The van der Waals surface area contributed by atoms with Gasteiger partial charge in [0.05, 0.1) is 6.61 Å². The van der Waals surface area contributed by atoms with Crippen LogP contribution in [0.1, 0.15) is 0 Å². The average molecular weight is 285 g/mol. The highest BCUT2D eigenvalue weighted by Crippen LogP contribution is 2.16. The normalized spacial score (nSPS) is 11.4. The second-order valence-corrected chi connectivity index (χ2v) is 4.89. The van der Waals surface area contributed by atoms with Crippen LogP contribution in [-0.4, -0.2) is 45.6 Å². The second-order valence-electron chi connectivity index (χ2n) is 3.72. The van der Waals surface area contributed by atoms with Crippen LogP contribution in [0.15, 0.2) is 34.2 Å². The van der Waals surface area contributed by atoms with Gasteiger partial charge in [-0.2, -0.15) is 0 Å². The van der Waals surface area contributed by atoms with Gasteiger partial charge in [0.15, 0.2) is 5.96 Å². The summed E-state index contributed by atoms with van der Waals surface area (Å²) in [5.41, 5.74) is 0. The van der Waals surface area contributed by atoms with E-state index in [-0.39, 0.29) is 5.82 Å². The van der Waals surface area contributed by atoms with Crippen molar-refractivity contribution in [2.24, 2.45) is 4.99 Å². The number of rotatable bonds is 7. The summed E-state index contributed by atoms with van der Waals surface area (Å²) in [6.45, 7) is 2.15. The number of halogens is 1. The third-order valence-electron chi connectivity index (χ3n) is 2.30. The molecule has 0 unspecified atom stereocenters. The third kappa shape index (κ3) is 7.03. The van der Waals surface area contributed by atoms with Crippen molar-refractivity contribution in [2.45, 2.75) is 4.90 Å². The Morgan fingerprint density at radius 1 is 1.26 bits per heavy atom. The number of hydrogen-bond donors (Lipinski definition) is 2. The number of hydrogen-bond acceptors (Lipinski definition) is 3. The molecular formula is C13H20FN3OS. The highest BCUT2D eigenvalue weighted by Gasteiger charge is 1.98. The van der Waals surface area contributed by atoms with Crippen molar-refractivity contribution in [3.05, 3.63) is 30.1 Å². The maximum atomic E-state index is 12.7. The van der Waals surface area contributed by atoms with Crippen molar-refractivity contribution >= 4 is 17.7 Å². The Kier molecular flexibility index (Phi) is 8.00. The summed E-state index contributed by atoms with van der Waals surface area (Å²) in [6.07, 6.45) is 0. The van der Waals surface area contributed by atoms with Crippen molar-refractivity contribution in [1.82, 2.24) is 10.6 Å². The fourth-order valence-corrected chi connectivity index (χ4v) is 2.13. The number of ether oxygens (including phenoxy) is 1. The van der Waals surface area contributed by atoms with Gasteiger partial charge in [0.25, 0.3) is 0 Å². The number of benzene rings is 1. The van der Waals surface area contributed by atoms with Crippen molar-refractivity contribution in [2.75, 3.05) is 39.6 Å². The van der Waals surface area contributed by atoms with E-state index in [0.717, 1.165) is 29.7 Å². The van der Waals surface area contributed by atoms with Crippen LogP contribution in [0.4, 0.5) is 4.39 Å². The Balaban J connectivity index is 2.16. The standard InChI is InChI=1S/C13H20FN3OS/c1-15-13(16-7-9-18-2)17-8-10-19-12-5-3-11(14)4-6-12/h3-6H,7-10H2,1-2H3,(H2,15,16,17). The van der Waals surface area contributed by atoms with Crippen LogP contribution in [-0.2, 0) is 4.74 Å². The number of nitrogens with zero attached hydrogens (tertiary/aromatic N) is 1. The van der Waals surface area contributed by atoms with Gasteiger partial charge in [0.2, 0.25) is 0 Å². The molecule has 0 fully saturated rings. The van der Waals surface area contributed by atoms with E-state index in [1.54, 1.807) is 38.1 Å². The van der Waals surface area contributed by atoms with E-state index >= 15 is 0 Å². The quantitative estimate of drug-likeness (QED) is 0.347. The molecule has 0 amide bonds. The zero-order chi connectivity index (χ0) is 13.9.